The summed E-state index contributed by atoms with van der Waals surface area (Å²) in [4.78, 5) is 12.1. The Bertz CT molecular complexity index is 251. The third-order valence-corrected chi connectivity index (χ3v) is 4.11. The Kier molecular flexibility index (Phi) is 4.80. The van der Waals surface area contributed by atoms with Gasteiger partial charge in [-0.1, -0.05) is 12.8 Å². The number of rotatable bonds is 3. The highest BCUT2D eigenvalue weighted by Gasteiger charge is 2.27. The summed E-state index contributed by atoms with van der Waals surface area (Å²) in [6.07, 6.45) is 8.08. The number of amides is 1. The zero-order chi connectivity index (χ0) is 12.1. The van der Waals surface area contributed by atoms with Crippen LogP contribution in [0.5, 0.6) is 0 Å². The quantitative estimate of drug-likeness (QED) is 0.779. The fourth-order valence-corrected chi connectivity index (χ4v) is 3.00. The predicted molar refractivity (Wildman–Crippen MR) is 68.1 cm³/mol. The number of piperidine rings is 1. The van der Waals surface area contributed by atoms with Crippen LogP contribution in [0.15, 0.2) is 0 Å². The standard InChI is InChI=1S/C13H25N3O/c14-10-11-5-4-6-12(9-11)13(17)15-16-7-2-1-3-8-16/h11-12H,1-10,14H2,(H,15,17). The lowest BCUT2D eigenvalue weighted by Crippen LogP contribution is -2.48. The molecule has 2 aliphatic rings. The van der Waals surface area contributed by atoms with Gasteiger partial charge in [-0.15, -0.1) is 0 Å². The molecule has 2 unspecified atom stereocenters. The van der Waals surface area contributed by atoms with E-state index in [9.17, 15) is 4.79 Å². The molecule has 17 heavy (non-hydrogen) atoms. The van der Waals surface area contributed by atoms with Crippen molar-refractivity contribution < 1.29 is 4.79 Å². The second-order valence-corrected chi connectivity index (χ2v) is 5.49. The van der Waals surface area contributed by atoms with Gasteiger partial charge in [-0.3, -0.25) is 10.2 Å². The van der Waals surface area contributed by atoms with Gasteiger partial charge in [-0.05, 0) is 44.6 Å². The van der Waals surface area contributed by atoms with Crippen molar-refractivity contribution in [3.05, 3.63) is 0 Å². The van der Waals surface area contributed by atoms with Gasteiger partial charge in [0.05, 0.1) is 0 Å². The molecule has 3 N–H and O–H groups in total. The Morgan fingerprint density at radius 2 is 1.94 bits per heavy atom. The molecular formula is C13H25N3O. The summed E-state index contributed by atoms with van der Waals surface area (Å²) in [6, 6.07) is 0. The van der Waals surface area contributed by atoms with E-state index >= 15 is 0 Å². The molecule has 4 nitrogen and oxygen atoms in total. The molecule has 1 aliphatic heterocycles. The minimum absolute atomic E-state index is 0.194. The highest BCUT2D eigenvalue weighted by molar-refractivity contribution is 5.78. The Balaban J connectivity index is 1.78. The largest absolute Gasteiger partial charge is 0.330 e. The molecule has 2 atom stereocenters. The SMILES string of the molecule is NCC1CCCC(C(=O)NN2CCCCC2)C1. The number of carbonyl (C=O) groups excluding carboxylic acids is 1. The van der Waals surface area contributed by atoms with Crippen LogP contribution in [0.2, 0.25) is 0 Å². The summed E-state index contributed by atoms with van der Waals surface area (Å²) in [5.41, 5.74) is 8.79. The number of carbonyl (C=O) groups is 1. The molecule has 0 aromatic rings. The lowest BCUT2D eigenvalue weighted by atomic mass is 9.81. The predicted octanol–water partition coefficient (Wildman–Crippen LogP) is 1.27. The molecule has 0 radical (unpaired) electrons. The molecule has 2 fully saturated rings. The van der Waals surface area contributed by atoms with E-state index in [1.807, 2.05) is 0 Å². The van der Waals surface area contributed by atoms with Gasteiger partial charge in [0.25, 0.3) is 0 Å². The van der Waals surface area contributed by atoms with E-state index in [0.29, 0.717) is 5.92 Å². The van der Waals surface area contributed by atoms with Crippen molar-refractivity contribution in [3.8, 4) is 0 Å². The zero-order valence-electron chi connectivity index (χ0n) is 10.7. The van der Waals surface area contributed by atoms with E-state index in [1.54, 1.807) is 0 Å². The van der Waals surface area contributed by atoms with Crippen molar-refractivity contribution >= 4 is 5.91 Å². The van der Waals surface area contributed by atoms with Crippen LogP contribution < -0.4 is 11.2 Å². The van der Waals surface area contributed by atoms with E-state index in [2.05, 4.69) is 10.4 Å². The van der Waals surface area contributed by atoms with Gasteiger partial charge in [0.1, 0.15) is 0 Å². The number of hydrogen-bond acceptors (Lipinski definition) is 3. The first-order chi connectivity index (χ1) is 8.29. The molecule has 1 saturated carbocycles. The normalized spacial score (nSPS) is 31.1. The zero-order valence-corrected chi connectivity index (χ0v) is 10.7. The maximum atomic E-state index is 12.1. The number of hydrogen-bond donors (Lipinski definition) is 2. The Hall–Kier alpha value is -0.610. The number of hydrazine groups is 1. The Labute approximate surface area is 104 Å². The van der Waals surface area contributed by atoms with Crippen molar-refractivity contribution in [1.29, 1.82) is 0 Å². The van der Waals surface area contributed by atoms with Crippen LogP contribution in [-0.4, -0.2) is 30.6 Å². The van der Waals surface area contributed by atoms with Gasteiger partial charge in [0.15, 0.2) is 0 Å². The van der Waals surface area contributed by atoms with Crippen LogP contribution in [-0.2, 0) is 4.79 Å². The third-order valence-electron chi connectivity index (χ3n) is 4.11. The van der Waals surface area contributed by atoms with Crippen LogP contribution >= 0.6 is 0 Å². The summed E-state index contributed by atoms with van der Waals surface area (Å²) in [6.45, 7) is 2.76. The number of nitrogens with zero attached hydrogens (tertiary/aromatic N) is 1. The second kappa shape index (κ2) is 6.36. The average molecular weight is 239 g/mol. The summed E-state index contributed by atoms with van der Waals surface area (Å²) in [5, 5.41) is 2.10. The first-order valence-corrected chi connectivity index (χ1v) is 7.05. The summed E-state index contributed by atoms with van der Waals surface area (Å²) >= 11 is 0. The highest BCUT2D eigenvalue weighted by Crippen LogP contribution is 2.28. The fraction of sp³-hybridized carbons (Fsp3) is 0.923. The number of nitrogens with two attached hydrogens (primary N) is 1. The van der Waals surface area contributed by atoms with Crippen LogP contribution in [0.4, 0.5) is 0 Å². The molecule has 1 saturated heterocycles. The lowest BCUT2D eigenvalue weighted by Gasteiger charge is -2.32. The summed E-state index contributed by atoms with van der Waals surface area (Å²) < 4.78 is 0. The Morgan fingerprint density at radius 3 is 2.65 bits per heavy atom. The monoisotopic (exact) mass is 239 g/mol. The molecule has 0 spiro atoms. The van der Waals surface area contributed by atoms with E-state index in [1.165, 1.54) is 25.7 Å². The molecule has 0 aromatic carbocycles. The van der Waals surface area contributed by atoms with Crippen molar-refractivity contribution in [3.63, 3.8) is 0 Å². The maximum absolute atomic E-state index is 12.1. The van der Waals surface area contributed by atoms with Crippen LogP contribution in [0.1, 0.15) is 44.9 Å². The van der Waals surface area contributed by atoms with Crippen LogP contribution in [0.3, 0.4) is 0 Å². The molecule has 1 amide bonds. The minimum Gasteiger partial charge on any atom is -0.330 e. The van der Waals surface area contributed by atoms with E-state index in [4.69, 9.17) is 5.73 Å². The highest BCUT2D eigenvalue weighted by atomic mass is 16.2. The molecule has 2 rings (SSSR count). The van der Waals surface area contributed by atoms with Gasteiger partial charge >= 0.3 is 0 Å². The van der Waals surface area contributed by atoms with Gasteiger partial charge < -0.3 is 5.73 Å². The molecule has 0 bridgehead atoms. The van der Waals surface area contributed by atoms with Crippen molar-refractivity contribution in [1.82, 2.24) is 10.4 Å². The second-order valence-electron chi connectivity index (χ2n) is 5.49. The maximum Gasteiger partial charge on any atom is 0.237 e. The third kappa shape index (κ3) is 3.68. The van der Waals surface area contributed by atoms with Crippen molar-refractivity contribution in [2.75, 3.05) is 19.6 Å². The summed E-state index contributed by atoms with van der Waals surface area (Å²) in [7, 11) is 0. The van der Waals surface area contributed by atoms with Crippen molar-refractivity contribution in [2.24, 2.45) is 17.6 Å². The number of nitrogens with one attached hydrogen (secondary N) is 1. The average Bonchev–Trinajstić information content (AvgIpc) is 2.40. The topological polar surface area (TPSA) is 58.4 Å². The summed E-state index contributed by atoms with van der Waals surface area (Å²) in [5.74, 6) is 0.977. The Morgan fingerprint density at radius 1 is 1.18 bits per heavy atom. The first-order valence-electron chi connectivity index (χ1n) is 7.05. The van der Waals surface area contributed by atoms with Crippen LogP contribution in [0, 0.1) is 11.8 Å². The van der Waals surface area contributed by atoms with Gasteiger partial charge in [0.2, 0.25) is 5.91 Å². The van der Waals surface area contributed by atoms with E-state index in [0.717, 1.165) is 38.9 Å². The molecule has 1 aliphatic carbocycles. The first kappa shape index (κ1) is 12.8. The minimum atomic E-state index is 0.194. The van der Waals surface area contributed by atoms with E-state index in [-0.39, 0.29) is 11.8 Å². The smallest absolute Gasteiger partial charge is 0.237 e. The molecular weight excluding hydrogens is 214 g/mol. The van der Waals surface area contributed by atoms with Crippen LogP contribution in [0.25, 0.3) is 0 Å². The van der Waals surface area contributed by atoms with E-state index < -0.39 is 0 Å². The molecule has 98 valence electrons. The van der Waals surface area contributed by atoms with Crippen molar-refractivity contribution in [2.45, 2.75) is 44.9 Å². The fourth-order valence-electron chi connectivity index (χ4n) is 3.00. The molecule has 4 heteroatoms. The molecule has 1 heterocycles. The van der Waals surface area contributed by atoms with Gasteiger partial charge in [-0.25, -0.2) is 5.01 Å². The lowest BCUT2D eigenvalue weighted by molar-refractivity contribution is -0.131. The van der Waals surface area contributed by atoms with Gasteiger partial charge in [0, 0.05) is 19.0 Å². The molecule has 0 aromatic heterocycles. The van der Waals surface area contributed by atoms with Gasteiger partial charge in [-0.2, -0.15) is 0 Å².